The van der Waals surface area contributed by atoms with Gasteiger partial charge in [-0.1, -0.05) is 169 Å². The number of alkyl halides is 1. The molecule has 6 aromatic rings. The Hall–Kier alpha value is -7.00. The summed E-state index contributed by atoms with van der Waals surface area (Å²) in [5.74, 6) is -2.28. The minimum atomic E-state index is -1.65. The summed E-state index contributed by atoms with van der Waals surface area (Å²) in [5.41, 5.74) is 1.29. The molecule has 1 saturated heterocycles. The van der Waals surface area contributed by atoms with E-state index in [1.54, 1.807) is 38.3 Å². The molecule has 0 bridgehead atoms. The fourth-order valence-electron chi connectivity index (χ4n) is 8.09. The number of thioether (sulfide) groups is 1. The molecule has 3 heterocycles. The number of β-lactam (4-membered cyclic amide) rings is 1. The third-order valence-corrected chi connectivity index (χ3v) is 13.7. The molecule has 1 fully saturated rings. The van der Waals surface area contributed by atoms with Gasteiger partial charge in [0.1, 0.15) is 33.9 Å². The fourth-order valence-corrected chi connectivity index (χ4v) is 10.2. The largest absolute Gasteiger partial charge is 0.457 e. The van der Waals surface area contributed by atoms with Crippen molar-refractivity contribution < 1.29 is 33.5 Å². The summed E-state index contributed by atoms with van der Waals surface area (Å²) in [5, 5.41) is 12.3. The van der Waals surface area contributed by atoms with E-state index in [1.807, 2.05) is 152 Å². The number of nitrogens with one attached hydrogen (secondary N) is 2. The van der Waals surface area contributed by atoms with Crippen LogP contribution in [0, 0.1) is 0 Å². The van der Waals surface area contributed by atoms with Crippen LogP contribution in [0.1, 0.15) is 74.2 Å². The molecule has 0 saturated carbocycles. The van der Waals surface area contributed by atoms with E-state index < -0.39 is 58.0 Å². The molecule has 8 rings (SSSR count). The molecule has 2 amide bonds. The van der Waals surface area contributed by atoms with Gasteiger partial charge >= 0.3 is 11.9 Å². The lowest BCUT2D eigenvalue weighted by Gasteiger charge is -2.49. The zero-order chi connectivity index (χ0) is 49.5. The van der Waals surface area contributed by atoms with Crippen LogP contribution < -0.4 is 10.6 Å². The number of oxime groups is 1. The van der Waals surface area contributed by atoms with Crippen LogP contribution in [0.3, 0.4) is 0 Å². The number of rotatable bonds is 17. The molecular formula is C55H52ClN5O7S2. The highest BCUT2D eigenvalue weighted by atomic mass is 35.5. The first kappa shape index (κ1) is 49.4. The maximum Gasteiger partial charge on any atom is 0.356 e. The molecule has 2 atom stereocenters. The normalized spacial score (nSPS) is 16.4. The first-order valence-corrected chi connectivity index (χ1v) is 25.1. The van der Waals surface area contributed by atoms with Gasteiger partial charge in [-0.25, -0.2) is 14.6 Å². The average molecular weight is 995 g/mol. The van der Waals surface area contributed by atoms with Crippen LogP contribution in [0.4, 0.5) is 5.13 Å². The van der Waals surface area contributed by atoms with E-state index in [2.05, 4.69) is 15.8 Å². The molecule has 0 radical (unpaired) electrons. The number of carbonyl (C=O) groups excluding carboxylic acids is 4. The molecule has 2 aliphatic rings. The standard InChI is InChI=1S/C55H52ClN5O7S2/c1-53(2,3)67-51(65)54(4,5)68-60-43(42-35-70-52(57-42)59-55(39-27-15-8-16-28-39,40-29-17-9-18-30-40)41-31-19-10-20-32-41)47(62)58-44-48(63)61-45(38(26-21-33-56)34-69-49(44)61)50(64)66-46(36-22-11-6-12-23-36)37-24-13-7-14-25-37/h6-32,35,44,46,49H,33-34H2,1-5H3,(H,57,59)(H,58,62)/b26-21-,60-43-/t44?,49-/m1/s1. The lowest BCUT2D eigenvalue weighted by atomic mass is 9.77. The fraction of sp³-hybridized carbons (Fsp3) is 0.236. The van der Waals surface area contributed by atoms with Crippen LogP contribution in [0.5, 0.6) is 0 Å². The second-order valence-electron chi connectivity index (χ2n) is 18.0. The molecule has 358 valence electrons. The molecule has 1 aromatic heterocycles. The molecule has 15 heteroatoms. The Labute approximate surface area is 420 Å². The highest BCUT2D eigenvalue weighted by molar-refractivity contribution is 8.00. The van der Waals surface area contributed by atoms with Crippen molar-refractivity contribution in [3.8, 4) is 0 Å². The smallest absolute Gasteiger partial charge is 0.356 e. The summed E-state index contributed by atoms with van der Waals surface area (Å²) in [4.78, 5) is 69.1. The van der Waals surface area contributed by atoms with Gasteiger partial charge in [-0.3, -0.25) is 14.5 Å². The maximum absolute atomic E-state index is 14.7. The second-order valence-corrected chi connectivity index (χ2v) is 20.2. The third kappa shape index (κ3) is 10.7. The number of aromatic nitrogens is 1. The summed E-state index contributed by atoms with van der Waals surface area (Å²) in [6.07, 6.45) is 2.64. The van der Waals surface area contributed by atoms with Crippen molar-refractivity contribution in [2.24, 2.45) is 5.16 Å². The predicted octanol–water partition coefficient (Wildman–Crippen LogP) is 10.2. The summed E-state index contributed by atoms with van der Waals surface area (Å²) in [6, 6.07) is 47.6. The highest BCUT2D eigenvalue weighted by Gasteiger charge is 2.55. The van der Waals surface area contributed by atoms with Gasteiger partial charge in [-0.15, -0.1) is 34.7 Å². The lowest BCUT2D eigenvalue weighted by molar-refractivity contribution is -0.179. The zero-order valence-electron chi connectivity index (χ0n) is 39.2. The predicted molar refractivity (Wildman–Crippen MR) is 275 cm³/mol. The first-order valence-electron chi connectivity index (χ1n) is 22.6. The van der Waals surface area contributed by atoms with E-state index in [0.29, 0.717) is 16.5 Å². The first-order chi connectivity index (χ1) is 33.7. The topological polar surface area (TPSA) is 149 Å². The van der Waals surface area contributed by atoms with E-state index in [4.69, 9.17) is 30.9 Å². The number of esters is 2. The van der Waals surface area contributed by atoms with Crippen LogP contribution in [-0.4, -0.2) is 73.6 Å². The number of carbonyl (C=O) groups is 4. The average Bonchev–Trinajstić information content (AvgIpc) is 3.84. The van der Waals surface area contributed by atoms with E-state index in [1.165, 1.54) is 41.8 Å². The summed E-state index contributed by atoms with van der Waals surface area (Å²) in [6.45, 7) is 8.17. The van der Waals surface area contributed by atoms with Gasteiger partial charge in [0.05, 0.1) is 0 Å². The number of allylic oxidation sites excluding steroid dienone is 2. The van der Waals surface area contributed by atoms with Gasteiger partial charge in [0.2, 0.25) is 5.60 Å². The second kappa shape index (κ2) is 21.3. The molecule has 1 unspecified atom stereocenters. The van der Waals surface area contributed by atoms with Crippen molar-refractivity contribution in [1.29, 1.82) is 0 Å². The minimum Gasteiger partial charge on any atom is -0.457 e. The van der Waals surface area contributed by atoms with Crippen molar-refractivity contribution in [3.05, 3.63) is 214 Å². The van der Waals surface area contributed by atoms with Crippen molar-refractivity contribution in [2.45, 2.75) is 68.9 Å². The highest BCUT2D eigenvalue weighted by Crippen LogP contribution is 2.43. The maximum atomic E-state index is 14.7. The number of hydrogen-bond acceptors (Lipinski definition) is 12. The van der Waals surface area contributed by atoms with Gasteiger partial charge in [-0.05, 0) is 68.0 Å². The van der Waals surface area contributed by atoms with Crippen molar-refractivity contribution in [3.63, 3.8) is 0 Å². The molecular weight excluding hydrogens is 942 g/mol. The van der Waals surface area contributed by atoms with Crippen molar-refractivity contribution >= 4 is 69.3 Å². The Kier molecular flexibility index (Phi) is 15.1. The molecule has 2 aliphatic heterocycles. The molecule has 70 heavy (non-hydrogen) atoms. The Bertz CT molecular complexity index is 2770. The Morgan fingerprint density at radius 3 is 1.81 bits per heavy atom. The quantitative estimate of drug-likeness (QED) is 0.0226. The van der Waals surface area contributed by atoms with Crippen LogP contribution in [-0.2, 0) is 39.0 Å². The molecule has 0 spiro atoms. The number of nitrogens with zero attached hydrogens (tertiary/aromatic N) is 3. The number of fused-ring (bicyclic) bond motifs is 1. The molecule has 0 aliphatic carbocycles. The number of halogens is 1. The molecule has 2 N–H and O–H groups in total. The van der Waals surface area contributed by atoms with Crippen LogP contribution >= 0.6 is 34.7 Å². The van der Waals surface area contributed by atoms with Crippen molar-refractivity contribution in [1.82, 2.24) is 15.2 Å². The molecule has 12 nitrogen and oxygen atoms in total. The Morgan fingerprint density at radius 1 is 0.800 bits per heavy atom. The van der Waals surface area contributed by atoms with Gasteiger partial charge in [0, 0.05) is 17.0 Å². The number of benzene rings is 5. The van der Waals surface area contributed by atoms with Crippen LogP contribution in [0.15, 0.2) is 186 Å². The van der Waals surface area contributed by atoms with E-state index in [0.717, 1.165) is 27.8 Å². The summed E-state index contributed by atoms with van der Waals surface area (Å²) in [7, 11) is 0. The zero-order valence-corrected chi connectivity index (χ0v) is 41.6. The minimum absolute atomic E-state index is 0.0581. The van der Waals surface area contributed by atoms with E-state index in [-0.39, 0.29) is 23.0 Å². The number of hydrogen-bond donors (Lipinski definition) is 2. The van der Waals surface area contributed by atoms with Crippen LogP contribution in [0.2, 0.25) is 0 Å². The van der Waals surface area contributed by atoms with Gasteiger partial charge < -0.3 is 24.9 Å². The molecule has 5 aromatic carbocycles. The van der Waals surface area contributed by atoms with Crippen LogP contribution in [0.25, 0.3) is 0 Å². The SMILES string of the molecule is CC(C)(C)OC(=O)C(C)(C)O/N=C(\C(=O)NC1C(=O)N2C(C(=O)OC(c3ccccc3)c3ccccc3)=C(/C=C\CCl)CS[C@H]12)c1csc(NC(c2ccccc2)(c2ccccc2)c2ccccc2)n1. The number of thiazole rings is 1. The van der Waals surface area contributed by atoms with Gasteiger partial charge in [0.25, 0.3) is 11.8 Å². The summed E-state index contributed by atoms with van der Waals surface area (Å²) < 4.78 is 11.9. The number of ether oxygens (including phenoxy) is 2. The summed E-state index contributed by atoms with van der Waals surface area (Å²) >= 11 is 8.67. The number of amides is 2. The third-order valence-electron chi connectivity index (χ3n) is 11.4. The Morgan fingerprint density at radius 2 is 1.31 bits per heavy atom. The van der Waals surface area contributed by atoms with Gasteiger partial charge in [0.15, 0.2) is 16.9 Å². The van der Waals surface area contributed by atoms with E-state index in [9.17, 15) is 19.2 Å². The monoisotopic (exact) mass is 993 g/mol. The van der Waals surface area contributed by atoms with E-state index >= 15 is 0 Å². The number of anilines is 1. The van der Waals surface area contributed by atoms with Crippen molar-refractivity contribution in [2.75, 3.05) is 16.9 Å². The van der Waals surface area contributed by atoms with Gasteiger partial charge in [-0.2, -0.15) is 0 Å². The lowest BCUT2D eigenvalue weighted by Crippen LogP contribution is -2.71. The Balaban J connectivity index is 1.12.